The summed E-state index contributed by atoms with van der Waals surface area (Å²) < 4.78 is 0. The van der Waals surface area contributed by atoms with Crippen LogP contribution in [-0.4, -0.2) is 19.1 Å². The van der Waals surface area contributed by atoms with Gasteiger partial charge in [0.15, 0.2) is 0 Å². The average molecular weight is 218 g/mol. The SMILES string of the molecule is CCC1(CC)CN(C)c2ccccc2CN1. The van der Waals surface area contributed by atoms with Crippen LogP contribution in [-0.2, 0) is 6.54 Å². The molecule has 2 nitrogen and oxygen atoms in total. The zero-order valence-electron chi connectivity index (χ0n) is 10.6. The van der Waals surface area contributed by atoms with Crippen LogP contribution in [0.3, 0.4) is 0 Å². The van der Waals surface area contributed by atoms with Gasteiger partial charge in [-0.25, -0.2) is 0 Å². The molecule has 0 radical (unpaired) electrons. The topological polar surface area (TPSA) is 15.3 Å². The molecule has 0 bridgehead atoms. The highest BCUT2D eigenvalue weighted by Crippen LogP contribution is 2.28. The second-order valence-electron chi connectivity index (χ2n) is 4.83. The van der Waals surface area contributed by atoms with Crippen LogP contribution >= 0.6 is 0 Å². The summed E-state index contributed by atoms with van der Waals surface area (Å²) in [5, 5.41) is 3.74. The molecule has 1 aliphatic rings. The number of fused-ring (bicyclic) bond motifs is 1. The van der Waals surface area contributed by atoms with E-state index in [-0.39, 0.29) is 5.54 Å². The molecule has 88 valence electrons. The van der Waals surface area contributed by atoms with Crippen molar-refractivity contribution in [2.24, 2.45) is 0 Å². The van der Waals surface area contributed by atoms with Crippen molar-refractivity contribution in [3.05, 3.63) is 29.8 Å². The molecule has 1 N–H and O–H groups in total. The number of likely N-dealkylation sites (N-methyl/N-ethyl adjacent to an activating group) is 1. The molecule has 16 heavy (non-hydrogen) atoms. The maximum atomic E-state index is 3.74. The average Bonchev–Trinajstić information content (AvgIpc) is 2.48. The minimum Gasteiger partial charge on any atom is -0.372 e. The summed E-state index contributed by atoms with van der Waals surface area (Å²) in [6, 6.07) is 8.69. The van der Waals surface area contributed by atoms with Crippen LogP contribution in [0.15, 0.2) is 24.3 Å². The first-order chi connectivity index (χ1) is 7.71. The summed E-state index contributed by atoms with van der Waals surface area (Å²) in [4.78, 5) is 2.39. The molecule has 1 aliphatic heterocycles. The number of hydrogen-bond acceptors (Lipinski definition) is 2. The monoisotopic (exact) mass is 218 g/mol. The first-order valence-electron chi connectivity index (χ1n) is 6.25. The first-order valence-corrected chi connectivity index (χ1v) is 6.25. The van der Waals surface area contributed by atoms with Crippen molar-refractivity contribution < 1.29 is 0 Å². The van der Waals surface area contributed by atoms with E-state index in [9.17, 15) is 0 Å². The Hall–Kier alpha value is -1.02. The van der Waals surface area contributed by atoms with Crippen molar-refractivity contribution in [1.82, 2.24) is 5.32 Å². The van der Waals surface area contributed by atoms with Gasteiger partial charge >= 0.3 is 0 Å². The highest BCUT2D eigenvalue weighted by molar-refractivity contribution is 5.54. The third-order valence-electron chi connectivity index (χ3n) is 3.95. The number of rotatable bonds is 2. The van der Waals surface area contributed by atoms with E-state index in [1.165, 1.54) is 24.1 Å². The molecular weight excluding hydrogens is 196 g/mol. The highest BCUT2D eigenvalue weighted by atomic mass is 15.2. The summed E-state index contributed by atoms with van der Waals surface area (Å²) in [6.45, 7) is 6.64. The highest BCUT2D eigenvalue weighted by Gasteiger charge is 2.30. The first kappa shape index (κ1) is 11.5. The molecule has 0 saturated carbocycles. The summed E-state index contributed by atoms with van der Waals surface area (Å²) >= 11 is 0. The van der Waals surface area contributed by atoms with E-state index >= 15 is 0 Å². The minimum absolute atomic E-state index is 0.272. The predicted molar refractivity (Wildman–Crippen MR) is 69.9 cm³/mol. The largest absolute Gasteiger partial charge is 0.372 e. The van der Waals surface area contributed by atoms with E-state index < -0.39 is 0 Å². The Balaban J connectivity index is 2.31. The Kier molecular flexibility index (Phi) is 3.20. The third-order valence-corrected chi connectivity index (χ3v) is 3.95. The molecule has 0 atom stereocenters. The molecule has 0 aliphatic carbocycles. The van der Waals surface area contributed by atoms with Crippen molar-refractivity contribution in [3.8, 4) is 0 Å². The van der Waals surface area contributed by atoms with E-state index in [4.69, 9.17) is 0 Å². The summed E-state index contributed by atoms with van der Waals surface area (Å²) in [7, 11) is 2.20. The van der Waals surface area contributed by atoms with E-state index in [0.717, 1.165) is 13.1 Å². The number of nitrogens with one attached hydrogen (secondary N) is 1. The van der Waals surface area contributed by atoms with Crippen molar-refractivity contribution in [2.75, 3.05) is 18.5 Å². The van der Waals surface area contributed by atoms with Crippen LogP contribution in [0, 0.1) is 0 Å². The van der Waals surface area contributed by atoms with Crippen LogP contribution < -0.4 is 10.2 Å². The van der Waals surface area contributed by atoms with E-state index in [2.05, 4.69) is 55.4 Å². The summed E-state index contributed by atoms with van der Waals surface area (Å²) in [5.74, 6) is 0. The molecule has 2 heteroatoms. The Morgan fingerprint density at radius 2 is 1.94 bits per heavy atom. The van der Waals surface area contributed by atoms with Crippen LogP contribution in [0.4, 0.5) is 5.69 Å². The molecule has 1 heterocycles. The molecular formula is C14H22N2. The molecule has 0 spiro atoms. The van der Waals surface area contributed by atoms with Gasteiger partial charge in [-0.1, -0.05) is 32.0 Å². The summed E-state index contributed by atoms with van der Waals surface area (Å²) in [6.07, 6.45) is 2.36. The Morgan fingerprint density at radius 3 is 2.62 bits per heavy atom. The lowest BCUT2D eigenvalue weighted by atomic mass is 9.92. The van der Waals surface area contributed by atoms with Gasteiger partial charge < -0.3 is 10.2 Å². The van der Waals surface area contributed by atoms with Gasteiger partial charge in [-0.15, -0.1) is 0 Å². The number of nitrogens with zero attached hydrogens (tertiary/aromatic N) is 1. The second-order valence-corrected chi connectivity index (χ2v) is 4.83. The maximum absolute atomic E-state index is 3.74. The Morgan fingerprint density at radius 1 is 1.25 bits per heavy atom. The van der Waals surface area contributed by atoms with Gasteiger partial charge in [0.25, 0.3) is 0 Å². The third kappa shape index (κ3) is 1.94. The van der Waals surface area contributed by atoms with Crippen molar-refractivity contribution in [2.45, 2.75) is 38.8 Å². The van der Waals surface area contributed by atoms with Crippen molar-refractivity contribution in [3.63, 3.8) is 0 Å². The van der Waals surface area contributed by atoms with Gasteiger partial charge in [0.2, 0.25) is 0 Å². The second kappa shape index (κ2) is 4.46. The van der Waals surface area contributed by atoms with Gasteiger partial charge in [-0.3, -0.25) is 0 Å². The molecule has 1 aromatic rings. The molecule has 0 aromatic heterocycles. The maximum Gasteiger partial charge on any atom is 0.0409 e. The number of anilines is 1. The Labute approximate surface area is 98.7 Å². The van der Waals surface area contributed by atoms with Crippen LogP contribution in [0.25, 0.3) is 0 Å². The van der Waals surface area contributed by atoms with Crippen LogP contribution in [0.2, 0.25) is 0 Å². The quantitative estimate of drug-likeness (QED) is 0.821. The van der Waals surface area contributed by atoms with Crippen molar-refractivity contribution in [1.29, 1.82) is 0 Å². The molecule has 2 rings (SSSR count). The Bertz CT molecular complexity index is 356. The molecule has 0 amide bonds. The molecule has 0 unspecified atom stereocenters. The van der Waals surface area contributed by atoms with Gasteiger partial charge in [0.05, 0.1) is 0 Å². The van der Waals surface area contributed by atoms with Gasteiger partial charge in [0, 0.05) is 31.4 Å². The minimum atomic E-state index is 0.272. The standard InChI is InChI=1S/C14H22N2/c1-4-14(5-2)11-16(3)13-9-7-6-8-12(13)10-15-14/h6-9,15H,4-5,10-11H2,1-3H3. The molecule has 0 saturated heterocycles. The zero-order valence-corrected chi connectivity index (χ0v) is 10.6. The smallest absolute Gasteiger partial charge is 0.0409 e. The van der Waals surface area contributed by atoms with Gasteiger partial charge in [-0.05, 0) is 24.5 Å². The van der Waals surface area contributed by atoms with E-state index in [0.29, 0.717) is 0 Å². The number of hydrogen-bond donors (Lipinski definition) is 1. The predicted octanol–water partition coefficient (Wildman–Crippen LogP) is 2.78. The van der Waals surface area contributed by atoms with Gasteiger partial charge in [-0.2, -0.15) is 0 Å². The fourth-order valence-electron chi connectivity index (χ4n) is 2.63. The van der Waals surface area contributed by atoms with Crippen molar-refractivity contribution >= 4 is 5.69 Å². The van der Waals surface area contributed by atoms with Crippen LogP contribution in [0.5, 0.6) is 0 Å². The zero-order chi connectivity index (χ0) is 11.6. The lowest BCUT2D eigenvalue weighted by molar-refractivity contribution is 0.310. The lowest BCUT2D eigenvalue weighted by Gasteiger charge is -2.34. The summed E-state index contributed by atoms with van der Waals surface area (Å²) in [5.41, 5.74) is 3.06. The molecule has 1 aromatic carbocycles. The van der Waals surface area contributed by atoms with E-state index in [1.807, 2.05) is 0 Å². The lowest BCUT2D eigenvalue weighted by Crippen LogP contribution is -2.50. The fourth-order valence-corrected chi connectivity index (χ4v) is 2.63. The fraction of sp³-hybridized carbons (Fsp3) is 0.571. The number of benzene rings is 1. The molecule has 0 fully saturated rings. The van der Waals surface area contributed by atoms with Gasteiger partial charge in [0.1, 0.15) is 0 Å². The number of para-hydroxylation sites is 1. The van der Waals surface area contributed by atoms with Crippen LogP contribution in [0.1, 0.15) is 32.3 Å². The normalized spacial score (nSPS) is 19.1. The van der Waals surface area contributed by atoms with E-state index in [1.54, 1.807) is 0 Å².